The van der Waals surface area contributed by atoms with Gasteiger partial charge in [-0.25, -0.2) is 9.97 Å². The highest BCUT2D eigenvalue weighted by Crippen LogP contribution is 2.31. The van der Waals surface area contributed by atoms with Crippen LogP contribution in [0.3, 0.4) is 0 Å². The van der Waals surface area contributed by atoms with E-state index in [1.54, 1.807) is 0 Å². The molecule has 0 amide bonds. The van der Waals surface area contributed by atoms with Crippen molar-refractivity contribution < 1.29 is 4.42 Å². The van der Waals surface area contributed by atoms with Crippen LogP contribution in [-0.4, -0.2) is 26.5 Å². The number of aromatic nitrogens is 4. The van der Waals surface area contributed by atoms with E-state index in [4.69, 9.17) is 4.42 Å². The van der Waals surface area contributed by atoms with Gasteiger partial charge in [0.05, 0.1) is 21.9 Å². The van der Waals surface area contributed by atoms with Gasteiger partial charge in [-0.15, -0.1) is 11.3 Å². The Balaban J connectivity index is 0.000000619. The van der Waals surface area contributed by atoms with Gasteiger partial charge in [0.25, 0.3) is 0 Å². The number of benzene rings is 1. The number of hydrogen-bond acceptors (Lipinski definition) is 7. The maximum Gasteiger partial charge on any atom is 0.200 e. The molecule has 0 aliphatic carbocycles. The summed E-state index contributed by atoms with van der Waals surface area (Å²) in [5.74, 6) is 0.800. The van der Waals surface area contributed by atoms with Gasteiger partial charge < -0.3 is 9.73 Å². The van der Waals surface area contributed by atoms with Crippen LogP contribution in [-0.2, 0) is 29.2 Å². The van der Waals surface area contributed by atoms with Crippen LogP contribution in [0.1, 0.15) is 138 Å². The molecule has 1 aliphatic heterocycles. The summed E-state index contributed by atoms with van der Waals surface area (Å²) in [7, 11) is 0. The maximum absolute atomic E-state index is 5.62. The molecule has 4 aromatic heterocycles. The highest BCUT2D eigenvalue weighted by Gasteiger charge is 2.23. The predicted molar refractivity (Wildman–Crippen MR) is 208 cm³/mol. The van der Waals surface area contributed by atoms with Crippen molar-refractivity contribution in [3.05, 3.63) is 82.0 Å². The number of para-hydroxylation sites is 2. The highest BCUT2D eigenvalue weighted by molar-refractivity contribution is 7.11. The molecule has 47 heavy (non-hydrogen) atoms. The molecule has 1 aliphatic rings. The zero-order valence-corrected chi connectivity index (χ0v) is 32.2. The molecular formula is C40H65N5OS. The molecule has 7 heteroatoms. The monoisotopic (exact) mass is 663 g/mol. The number of oxazole rings is 1. The van der Waals surface area contributed by atoms with E-state index in [1.165, 1.54) is 15.6 Å². The lowest BCUT2D eigenvalue weighted by Crippen LogP contribution is -2.22. The van der Waals surface area contributed by atoms with Gasteiger partial charge in [-0.3, -0.25) is 9.97 Å². The number of pyridine rings is 2. The standard InChI is InChI=1S/C12H14N2.C11H13NO.C10H16N2S.3C2H6.CH4/c1-12(2,3)11-10-9(6-8-14-11)5-4-7-13-10;1-11(2,3)10-12-8-6-4-5-7-9(8)13-10;1-10(2,3)9-12-7-6-11-5-4-8(7)13-9;3*1-2;/h4-8H,1-3H3;4-7H,1-3H3;11H,4-6H2,1-3H3;3*1-2H3;1H4. The van der Waals surface area contributed by atoms with E-state index in [-0.39, 0.29) is 23.7 Å². The van der Waals surface area contributed by atoms with Crippen LogP contribution in [0.4, 0.5) is 0 Å². The minimum Gasteiger partial charge on any atom is -0.440 e. The number of thiazole rings is 1. The third kappa shape index (κ3) is 13.1. The quantitative estimate of drug-likeness (QED) is 0.178. The van der Waals surface area contributed by atoms with E-state index in [0.717, 1.165) is 53.1 Å². The molecule has 5 aromatic rings. The van der Waals surface area contributed by atoms with Gasteiger partial charge in [0.15, 0.2) is 5.58 Å². The molecule has 0 atom stereocenters. The average molecular weight is 664 g/mol. The first-order chi connectivity index (χ1) is 21.7. The van der Waals surface area contributed by atoms with E-state index in [2.05, 4.69) is 93.6 Å². The van der Waals surface area contributed by atoms with Crippen LogP contribution in [0.5, 0.6) is 0 Å². The molecule has 6 rings (SSSR count). The second-order valence-corrected chi connectivity index (χ2v) is 14.4. The van der Waals surface area contributed by atoms with Gasteiger partial charge in [0.2, 0.25) is 5.89 Å². The topological polar surface area (TPSA) is 76.7 Å². The fraction of sp³-hybridized carbons (Fsp3) is 0.550. The van der Waals surface area contributed by atoms with Crippen LogP contribution >= 0.6 is 11.3 Å². The summed E-state index contributed by atoms with van der Waals surface area (Å²) in [4.78, 5) is 19.4. The molecule has 0 saturated heterocycles. The first-order valence-corrected chi connectivity index (χ1v) is 17.8. The molecule has 6 nitrogen and oxygen atoms in total. The van der Waals surface area contributed by atoms with E-state index in [1.807, 2.05) is 102 Å². The number of nitrogens with one attached hydrogen (secondary N) is 1. The van der Waals surface area contributed by atoms with Crippen LogP contribution < -0.4 is 5.32 Å². The van der Waals surface area contributed by atoms with E-state index < -0.39 is 0 Å². The molecule has 262 valence electrons. The van der Waals surface area contributed by atoms with Crippen molar-refractivity contribution in [1.82, 2.24) is 25.3 Å². The van der Waals surface area contributed by atoms with Crippen molar-refractivity contribution >= 4 is 33.3 Å². The number of fused-ring (bicyclic) bond motifs is 3. The fourth-order valence-electron chi connectivity index (χ4n) is 4.19. The van der Waals surface area contributed by atoms with Crippen LogP contribution in [0.2, 0.25) is 0 Å². The summed E-state index contributed by atoms with van der Waals surface area (Å²) in [6.07, 6.45) is 4.83. The molecule has 5 heterocycles. The molecule has 1 N–H and O–H groups in total. The molecule has 0 saturated carbocycles. The lowest BCUT2D eigenvalue weighted by atomic mass is 9.90. The van der Waals surface area contributed by atoms with Crippen LogP contribution in [0, 0.1) is 0 Å². The summed E-state index contributed by atoms with van der Waals surface area (Å²) in [6.45, 7) is 33.5. The molecule has 0 spiro atoms. The Morgan fingerprint density at radius 1 is 0.702 bits per heavy atom. The first-order valence-electron chi connectivity index (χ1n) is 17.0. The Kier molecular flexibility index (Phi) is 18.9. The number of hydrogen-bond donors (Lipinski definition) is 1. The second-order valence-electron chi connectivity index (χ2n) is 13.3. The lowest BCUT2D eigenvalue weighted by molar-refractivity contribution is 0.411. The van der Waals surface area contributed by atoms with E-state index in [9.17, 15) is 0 Å². The molecule has 0 radical (unpaired) electrons. The molecule has 0 bridgehead atoms. The van der Waals surface area contributed by atoms with Crippen molar-refractivity contribution in [2.75, 3.05) is 6.54 Å². The zero-order valence-electron chi connectivity index (χ0n) is 31.4. The zero-order chi connectivity index (χ0) is 35.1. The van der Waals surface area contributed by atoms with Crippen molar-refractivity contribution in [3.63, 3.8) is 0 Å². The SMILES string of the molecule is C.CC.CC.CC.CC(C)(C)c1nc2c(s1)CCNC2.CC(C)(C)c1nc2ccccc2o1.CC(C)(C)c1nccc2cccnc12. The highest BCUT2D eigenvalue weighted by atomic mass is 32.1. The first kappa shape index (κ1) is 43.8. The smallest absolute Gasteiger partial charge is 0.200 e. The second kappa shape index (κ2) is 20.3. The van der Waals surface area contributed by atoms with Crippen LogP contribution in [0.15, 0.2) is 59.3 Å². The third-order valence-corrected chi connectivity index (χ3v) is 7.99. The van der Waals surface area contributed by atoms with Gasteiger partial charge in [0.1, 0.15) is 5.52 Å². The average Bonchev–Trinajstić information content (AvgIpc) is 3.69. The Hall–Kier alpha value is -3.16. The van der Waals surface area contributed by atoms with Crippen molar-refractivity contribution in [1.29, 1.82) is 0 Å². The Morgan fingerprint density at radius 2 is 1.34 bits per heavy atom. The maximum atomic E-state index is 5.62. The van der Waals surface area contributed by atoms with Gasteiger partial charge in [-0.05, 0) is 30.7 Å². The van der Waals surface area contributed by atoms with E-state index >= 15 is 0 Å². The summed E-state index contributed by atoms with van der Waals surface area (Å²) in [5.41, 5.74) is 5.41. The fourth-order valence-corrected chi connectivity index (χ4v) is 5.33. The van der Waals surface area contributed by atoms with E-state index in [0.29, 0.717) is 0 Å². The summed E-state index contributed by atoms with van der Waals surface area (Å²) in [6, 6.07) is 13.9. The normalized spacial score (nSPS) is 12.1. The lowest BCUT2D eigenvalue weighted by Gasteiger charge is -2.18. The Bertz CT molecular complexity index is 1500. The molecule has 0 unspecified atom stereocenters. The van der Waals surface area contributed by atoms with Crippen molar-refractivity contribution in [3.8, 4) is 0 Å². The number of rotatable bonds is 0. The summed E-state index contributed by atoms with van der Waals surface area (Å²) < 4.78 is 5.62. The van der Waals surface area contributed by atoms with Gasteiger partial charge in [-0.2, -0.15) is 0 Å². The third-order valence-electron chi connectivity index (χ3n) is 6.41. The van der Waals surface area contributed by atoms with Crippen molar-refractivity contribution in [2.24, 2.45) is 0 Å². The largest absolute Gasteiger partial charge is 0.440 e. The van der Waals surface area contributed by atoms with Gasteiger partial charge >= 0.3 is 0 Å². The Labute approximate surface area is 291 Å². The summed E-state index contributed by atoms with van der Waals surface area (Å²) >= 11 is 1.89. The minimum absolute atomic E-state index is 0. The molecular weight excluding hydrogens is 599 g/mol. The number of nitrogens with zero attached hydrogens (tertiary/aromatic N) is 4. The minimum atomic E-state index is -0.0149. The molecule has 0 fully saturated rings. The molecule has 1 aromatic carbocycles. The van der Waals surface area contributed by atoms with Gasteiger partial charge in [0, 0.05) is 52.0 Å². The predicted octanol–water partition coefficient (Wildman–Crippen LogP) is 11.9. The summed E-state index contributed by atoms with van der Waals surface area (Å²) in [5, 5.41) is 5.79. The van der Waals surface area contributed by atoms with Crippen molar-refractivity contribution in [2.45, 2.75) is 140 Å². The van der Waals surface area contributed by atoms with Gasteiger partial charge in [-0.1, -0.05) is 129 Å². The van der Waals surface area contributed by atoms with Crippen LogP contribution in [0.25, 0.3) is 22.0 Å². The Morgan fingerprint density at radius 3 is 1.89 bits per heavy atom.